The number of imidazole rings is 2. The maximum Gasteiger partial charge on any atom is 0.420 e. The molecule has 0 unspecified atom stereocenters. The van der Waals surface area contributed by atoms with Crippen LogP contribution in [-0.2, 0) is 14.3 Å². The number of aromatic nitrogens is 10. The van der Waals surface area contributed by atoms with Crippen LogP contribution >= 0.6 is 22.6 Å². The number of carbonyl (C=O) groups excluding carboxylic acids is 4. The average Bonchev–Trinajstić information content (AvgIpc) is 4.24. The van der Waals surface area contributed by atoms with Gasteiger partial charge in [0, 0.05) is 58.4 Å². The zero-order chi connectivity index (χ0) is 52.7. The van der Waals surface area contributed by atoms with Crippen LogP contribution in [0.25, 0.3) is 44.3 Å². The second-order valence-corrected chi connectivity index (χ2v) is 20.9. The highest BCUT2D eigenvalue weighted by Crippen LogP contribution is 2.44. The quantitative estimate of drug-likeness (QED) is 0.0780. The molecule has 2 fully saturated rings. The van der Waals surface area contributed by atoms with Crippen molar-refractivity contribution in [3.63, 3.8) is 0 Å². The van der Waals surface area contributed by atoms with Gasteiger partial charge in [0.1, 0.15) is 45.4 Å². The van der Waals surface area contributed by atoms with Gasteiger partial charge in [-0.2, -0.15) is 0 Å². The lowest BCUT2D eigenvalue weighted by Crippen LogP contribution is -2.28. The van der Waals surface area contributed by atoms with Crippen LogP contribution in [0.1, 0.15) is 148 Å². The second kappa shape index (κ2) is 21.7. The Labute approximate surface area is 441 Å². The molecule has 2 aromatic carbocycles. The summed E-state index contributed by atoms with van der Waals surface area (Å²) in [6, 6.07) is 10.9. The molecule has 0 atom stereocenters. The van der Waals surface area contributed by atoms with E-state index in [9.17, 15) is 19.2 Å². The second-order valence-electron chi connectivity index (χ2n) is 19.7. The van der Waals surface area contributed by atoms with Gasteiger partial charge in [0.05, 0.1) is 35.1 Å². The third kappa shape index (κ3) is 11.9. The summed E-state index contributed by atoms with van der Waals surface area (Å²) < 4.78 is 26.2. The summed E-state index contributed by atoms with van der Waals surface area (Å²) >= 11 is 2.28. The van der Waals surface area contributed by atoms with Crippen LogP contribution in [0, 0.1) is 31.3 Å². The predicted molar refractivity (Wildman–Crippen MR) is 283 cm³/mol. The molecule has 2 aliphatic rings. The Kier molecular flexibility index (Phi) is 16.0. The molecule has 2 aliphatic carbocycles. The van der Waals surface area contributed by atoms with E-state index in [0.29, 0.717) is 45.4 Å². The first-order chi connectivity index (χ1) is 34.5. The van der Waals surface area contributed by atoms with Crippen LogP contribution in [0.4, 0.5) is 9.59 Å². The van der Waals surface area contributed by atoms with E-state index in [2.05, 4.69) is 63.7 Å². The predicted octanol–water partition coefficient (Wildman–Crippen LogP) is 11.3. The summed E-state index contributed by atoms with van der Waals surface area (Å²) in [6.45, 7) is 18.5. The van der Waals surface area contributed by atoms with E-state index in [1.807, 2.05) is 81.4 Å². The van der Waals surface area contributed by atoms with Crippen molar-refractivity contribution in [1.29, 1.82) is 0 Å². The molecular formula is C53H60IN11O9. The molecule has 21 heteroatoms. The lowest BCUT2D eigenvalue weighted by Gasteiger charge is -2.20. The Bertz CT molecular complexity index is 3340. The Hall–Kier alpha value is -7.27. The van der Waals surface area contributed by atoms with E-state index >= 15 is 0 Å². The number of nitrogens with zero attached hydrogens (tertiary/aromatic N) is 11. The third-order valence-electron chi connectivity index (χ3n) is 11.5. The molecule has 20 nitrogen and oxygen atoms in total. The molecule has 6 heterocycles. The van der Waals surface area contributed by atoms with Gasteiger partial charge < -0.3 is 18.5 Å². The van der Waals surface area contributed by atoms with Crippen molar-refractivity contribution in [2.75, 3.05) is 14.2 Å². The monoisotopic (exact) mass is 1120 g/mol. The molecule has 0 aliphatic heterocycles. The van der Waals surface area contributed by atoms with Gasteiger partial charge in [-0.15, -0.1) is 0 Å². The van der Waals surface area contributed by atoms with Gasteiger partial charge in [0.25, 0.3) is 0 Å². The van der Waals surface area contributed by atoms with E-state index in [4.69, 9.17) is 28.5 Å². The first-order valence-corrected chi connectivity index (χ1v) is 24.6. The number of aryl methyl sites for hydroxylation is 4. The van der Waals surface area contributed by atoms with Crippen LogP contribution in [0.3, 0.4) is 0 Å². The summed E-state index contributed by atoms with van der Waals surface area (Å²) in [5, 5.41) is 9.18. The van der Waals surface area contributed by atoms with Crippen molar-refractivity contribution in [3.8, 4) is 22.3 Å². The van der Waals surface area contributed by atoms with Crippen LogP contribution in [0.15, 0.2) is 70.2 Å². The van der Waals surface area contributed by atoms with Crippen molar-refractivity contribution in [1.82, 2.24) is 54.4 Å². The van der Waals surface area contributed by atoms with Crippen molar-refractivity contribution in [2.24, 2.45) is 0 Å². The summed E-state index contributed by atoms with van der Waals surface area (Å²) in [5.74, 6) is 2.66. The molecule has 10 rings (SSSR count). The smallest absolute Gasteiger partial charge is 0.420 e. The third-order valence-corrected chi connectivity index (χ3v) is 12.4. The number of benzene rings is 2. The van der Waals surface area contributed by atoms with Gasteiger partial charge in [0.2, 0.25) is 17.4 Å². The lowest BCUT2D eigenvalue weighted by molar-refractivity contribution is -0.0764. The van der Waals surface area contributed by atoms with Gasteiger partial charge >= 0.3 is 18.1 Å². The number of ketones is 1. The fourth-order valence-corrected chi connectivity index (χ4v) is 8.73. The van der Waals surface area contributed by atoms with Crippen molar-refractivity contribution >= 4 is 68.5 Å². The molecule has 388 valence electrons. The van der Waals surface area contributed by atoms with E-state index in [1.165, 1.54) is 43.5 Å². The van der Waals surface area contributed by atoms with E-state index in [0.717, 1.165) is 79.3 Å². The average molecular weight is 1120 g/mol. The van der Waals surface area contributed by atoms with Gasteiger partial charge in [-0.3, -0.25) is 14.4 Å². The minimum absolute atomic E-state index is 0. The normalized spacial score (nSPS) is 13.3. The van der Waals surface area contributed by atoms with E-state index < -0.39 is 17.3 Å². The summed E-state index contributed by atoms with van der Waals surface area (Å²) in [4.78, 5) is 81.2. The highest BCUT2D eigenvalue weighted by Gasteiger charge is 2.36. The molecule has 1 amide bonds. The number of hydrogen-bond acceptors (Lipinski definition) is 17. The number of hydroxylamine groups is 2. The number of halogens is 1. The number of hydrogen-bond donors (Lipinski definition) is 0. The number of carbonyl (C=O) groups is 4. The van der Waals surface area contributed by atoms with Crippen molar-refractivity contribution in [3.05, 3.63) is 117 Å². The lowest BCUT2D eigenvalue weighted by atomic mass is 9.98. The van der Waals surface area contributed by atoms with Gasteiger partial charge in [0.15, 0.2) is 0 Å². The molecule has 2 saturated carbocycles. The van der Waals surface area contributed by atoms with Gasteiger partial charge in [-0.25, -0.2) is 53.7 Å². The molecule has 8 aromatic rings. The first kappa shape index (κ1) is 54.5. The topological polar surface area (TPSA) is 238 Å². The molecule has 0 saturated heterocycles. The molecule has 0 bridgehead atoms. The SMILES string of the molecule is C.CON(C)C(=O)c1ncccn1.Cc1noc(C)c1-c1cc(C(=O)c2ncccn2)c2nc(C3CC3)n(C(=O)OC(C)(C)C)c2c1.Cc1noc(C)c1-c1cc(I)c2nc(C3CC3)n(C(=O)OC(C)(C)C)c2c1. The van der Waals surface area contributed by atoms with Gasteiger partial charge in [-0.1, -0.05) is 17.7 Å². The Balaban J connectivity index is 0.000000178. The fourth-order valence-electron chi connectivity index (χ4n) is 8.00. The molecule has 6 aromatic heterocycles. The molecule has 0 radical (unpaired) electrons. The highest BCUT2D eigenvalue weighted by atomic mass is 127. The number of fused-ring (bicyclic) bond motifs is 2. The fraction of sp³-hybridized carbons (Fsp3) is 0.396. The first-order valence-electron chi connectivity index (χ1n) is 23.6. The molecular weight excluding hydrogens is 1060 g/mol. The zero-order valence-corrected chi connectivity index (χ0v) is 44.9. The van der Waals surface area contributed by atoms with Crippen LogP contribution < -0.4 is 0 Å². The maximum atomic E-state index is 13.5. The van der Waals surface area contributed by atoms with E-state index in [-0.39, 0.29) is 42.8 Å². The number of amides is 1. The number of rotatable bonds is 8. The van der Waals surface area contributed by atoms with E-state index in [1.54, 1.807) is 22.8 Å². The molecule has 0 spiro atoms. The van der Waals surface area contributed by atoms with Crippen molar-refractivity contribution < 1.29 is 42.5 Å². The van der Waals surface area contributed by atoms with Crippen LogP contribution in [0.2, 0.25) is 0 Å². The minimum atomic E-state index is -0.690. The summed E-state index contributed by atoms with van der Waals surface area (Å²) in [6.07, 6.45) is 9.10. The maximum absolute atomic E-state index is 13.5. The Morgan fingerprint density at radius 1 is 0.649 bits per heavy atom. The highest BCUT2D eigenvalue weighted by molar-refractivity contribution is 14.1. The van der Waals surface area contributed by atoms with Crippen LogP contribution in [-0.4, -0.2) is 104 Å². The number of ether oxygens (including phenoxy) is 2. The Morgan fingerprint density at radius 3 is 1.47 bits per heavy atom. The largest absolute Gasteiger partial charge is 0.443 e. The minimum Gasteiger partial charge on any atom is -0.443 e. The molecule has 74 heavy (non-hydrogen) atoms. The van der Waals surface area contributed by atoms with Crippen molar-refractivity contribution in [2.45, 2.75) is 125 Å². The zero-order valence-electron chi connectivity index (χ0n) is 42.7. The summed E-state index contributed by atoms with van der Waals surface area (Å²) in [7, 11) is 2.90. The standard InChI is InChI=1S/C25H25N5O4.C20H22IN3O3.C7H9N3O2.CH4/c1-13-19(14(2)34-29-13)16-11-17(21(31)22-26-9-6-10-27-22)20-18(12-16)30(23(28-20)15-7-8-15)24(32)33-25(3,4)5;1-10-16(11(2)27-23-10)13-8-14(21)17-15(9-13)24(18(22-17)12-6-7-12)19(25)26-20(3,4)5;1-10(12-2)7(11)6-8-4-3-5-9-6;/h6,9-12,15H,7-8H2,1-5H3;8-9,12H,6-7H2,1-5H3;3-5H,1-2H3;1H4. The Morgan fingerprint density at radius 2 is 1.07 bits per heavy atom. The summed E-state index contributed by atoms with van der Waals surface area (Å²) in [5.41, 5.74) is 6.44. The molecule has 0 N–H and O–H groups in total. The van der Waals surface area contributed by atoms with Gasteiger partial charge in [-0.05, 0) is 165 Å². The van der Waals surface area contributed by atoms with Crippen LogP contribution in [0.5, 0.6) is 0 Å².